The van der Waals surface area contributed by atoms with Gasteiger partial charge in [-0.25, -0.2) is 0 Å². The van der Waals surface area contributed by atoms with Crippen molar-refractivity contribution in [2.45, 2.75) is 6.92 Å². The maximum atomic E-state index is 12.8. The second kappa shape index (κ2) is 5.56. The number of aromatic nitrogens is 1. The van der Waals surface area contributed by atoms with Gasteiger partial charge < -0.3 is 14.5 Å². The SMILES string of the molecule is COc1ccc(C(=O)c2c(C)[nH]c3cc(OC)ccc23)cc1. The van der Waals surface area contributed by atoms with E-state index in [1.165, 1.54) is 0 Å². The number of ketones is 1. The summed E-state index contributed by atoms with van der Waals surface area (Å²) in [5.74, 6) is 1.49. The van der Waals surface area contributed by atoms with Gasteiger partial charge in [0.15, 0.2) is 5.78 Å². The second-order valence-corrected chi connectivity index (χ2v) is 5.09. The number of ether oxygens (including phenoxy) is 2. The number of aromatic amines is 1. The van der Waals surface area contributed by atoms with E-state index >= 15 is 0 Å². The number of carbonyl (C=O) groups excluding carboxylic acids is 1. The summed E-state index contributed by atoms with van der Waals surface area (Å²) in [6.45, 7) is 1.91. The smallest absolute Gasteiger partial charge is 0.195 e. The van der Waals surface area contributed by atoms with Crippen LogP contribution in [0.3, 0.4) is 0 Å². The summed E-state index contributed by atoms with van der Waals surface area (Å²) >= 11 is 0. The predicted molar refractivity (Wildman–Crippen MR) is 86.0 cm³/mol. The first kappa shape index (κ1) is 14.2. The number of benzene rings is 2. The number of rotatable bonds is 4. The molecule has 0 spiro atoms. The Kier molecular flexibility index (Phi) is 3.59. The number of hydrogen-bond acceptors (Lipinski definition) is 3. The Hall–Kier alpha value is -2.75. The van der Waals surface area contributed by atoms with Gasteiger partial charge >= 0.3 is 0 Å². The molecule has 4 heteroatoms. The Balaban J connectivity index is 2.08. The molecular formula is C18H17NO3. The van der Waals surface area contributed by atoms with Crippen LogP contribution in [0.4, 0.5) is 0 Å². The number of H-pyrrole nitrogens is 1. The Morgan fingerprint density at radius 2 is 1.59 bits per heavy atom. The van der Waals surface area contributed by atoms with E-state index in [9.17, 15) is 4.79 Å². The van der Waals surface area contributed by atoms with Crippen LogP contribution in [0.1, 0.15) is 21.6 Å². The third-order valence-electron chi connectivity index (χ3n) is 3.77. The second-order valence-electron chi connectivity index (χ2n) is 5.09. The summed E-state index contributed by atoms with van der Waals surface area (Å²) in [6.07, 6.45) is 0. The van der Waals surface area contributed by atoms with E-state index in [0.717, 1.165) is 28.1 Å². The lowest BCUT2D eigenvalue weighted by molar-refractivity contribution is 0.103. The molecule has 0 saturated heterocycles. The van der Waals surface area contributed by atoms with Crippen LogP contribution in [0.2, 0.25) is 0 Å². The van der Waals surface area contributed by atoms with E-state index in [0.29, 0.717) is 11.1 Å². The molecule has 0 radical (unpaired) electrons. The van der Waals surface area contributed by atoms with Gasteiger partial charge in [-0.3, -0.25) is 4.79 Å². The Bertz CT molecular complexity index is 831. The highest BCUT2D eigenvalue weighted by atomic mass is 16.5. The molecule has 1 N–H and O–H groups in total. The van der Waals surface area contributed by atoms with Crippen molar-refractivity contribution in [2.24, 2.45) is 0 Å². The fourth-order valence-electron chi connectivity index (χ4n) is 2.62. The normalized spacial score (nSPS) is 10.7. The number of aryl methyl sites for hydroxylation is 1. The molecule has 0 amide bonds. The van der Waals surface area contributed by atoms with Crippen molar-refractivity contribution in [3.8, 4) is 11.5 Å². The first-order valence-electron chi connectivity index (χ1n) is 6.99. The van der Waals surface area contributed by atoms with Crippen molar-refractivity contribution >= 4 is 16.7 Å². The van der Waals surface area contributed by atoms with Crippen LogP contribution >= 0.6 is 0 Å². The first-order chi connectivity index (χ1) is 10.6. The largest absolute Gasteiger partial charge is 0.497 e. The van der Waals surface area contributed by atoms with Gasteiger partial charge in [0.2, 0.25) is 0 Å². The van der Waals surface area contributed by atoms with E-state index < -0.39 is 0 Å². The monoisotopic (exact) mass is 295 g/mol. The van der Waals surface area contributed by atoms with Crippen molar-refractivity contribution in [3.05, 3.63) is 59.3 Å². The van der Waals surface area contributed by atoms with Crippen LogP contribution in [0.25, 0.3) is 10.9 Å². The standard InChI is InChI=1S/C18H17NO3/c1-11-17(15-9-8-14(22-3)10-16(15)19-11)18(20)12-4-6-13(21-2)7-5-12/h4-10,19H,1-3H3. The van der Waals surface area contributed by atoms with Crippen molar-refractivity contribution in [2.75, 3.05) is 14.2 Å². The maximum absolute atomic E-state index is 12.8. The zero-order valence-electron chi connectivity index (χ0n) is 12.8. The van der Waals surface area contributed by atoms with Crippen molar-refractivity contribution in [1.29, 1.82) is 0 Å². The number of nitrogens with one attached hydrogen (secondary N) is 1. The summed E-state index contributed by atoms with van der Waals surface area (Å²) in [6, 6.07) is 12.8. The van der Waals surface area contributed by atoms with Crippen LogP contribution in [0, 0.1) is 6.92 Å². The first-order valence-corrected chi connectivity index (χ1v) is 6.99. The fraction of sp³-hybridized carbons (Fsp3) is 0.167. The van der Waals surface area contributed by atoms with Gasteiger partial charge in [0.1, 0.15) is 11.5 Å². The molecule has 22 heavy (non-hydrogen) atoms. The van der Waals surface area contributed by atoms with E-state index in [-0.39, 0.29) is 5.78 Å². The summed E-state index contributed by atoms with van der Waals surface area (Å²) in [5.41, 5.74) is 3.08. The van der Waals surface area contributed by atoms with Gasteiger partial charge in [-0.05, 0) is 43.3 Å². The molecule has 0 fully saturated rings. The number of carbonyl (C=O) groups is 1. The molecule has 3 rings (SSSR count). The van der Waals surface area contributed by atoms with Crippen LogP contribution in [0.5, 0.6) is 11.5 Å². The minimum absolute atomic E-state index is 0.00318. The summed E-state index contributed by atoms with van der Waals surface area (Å²) in [5, 5.41) is 0.902. The van der Waals surface area contributed by atoms with Crippen LogP contribution in [0.15, 0.2) is 42.5 Å². The molecule has 4 nitrogen and oxygen atoms in total. The lowest BCUT2D eigenvalue weighted by Crippen LogP contribution is -2.02. The van der Waals surface area contributed by atoms with Gasteiger partial charge in [0.05, 0.1) is 25.3 Å². The van der Waals surface area contributed by atoms with Crippen LogP contribution in [-0.4, -0.2) is 25.0 Å². The molecule has 0 atom stereocenters. The lowest BCUT2D eigenvalue weighted by atomic mass is 10.0. The zero-order chi connectivity index (χ0) is 15.7. The average molecular weight is 295 g/mol. The molecule has 3 aromatic rings. The van der Waals surface area contributed by atoms with E-state index in [1.54, 1.807) is 38.5 Å². The topological polar surface area (TPSA) is 51.3 Å². The minimum atomic E-state index is -0.00318. The molecular weight excluding hydrogens is 278 g/mol. The molecule has 2 aromatic carbocycles. The van der Waals surface area contributed by atoms with Gasteiger partial charge in [0, 0.05) is 22.7 Å². The highest BCUT2D eigenvalue weighted by Gasteiger charge is 2.18. The van der Waals surface area contributed by atoms with Gasteiger partial charge in [-0.1, -0.05) is 0 Å². The average Bonchev–Trinajstić information content (AvgIpc) is 2.89. The quantitative estimate of drug-likeness (QED) is 0.746. The van der Waals surface area contributed by atoms with Crippen molar-refractivity contribution < 1.29 is 14.3 Å². The minimum Gasteiger partial charge on any atom is -0.497 e. The van der Waals surface area contributed by atoms with Gasteiger partial charge in [-0.15, -0.1) is 0 Å². The number of methoxy groups -OCH3 is 2. The molecule has 0 aliphatic heterocycles. The highest BCUT2D eigenvalue weighted by Crippen LogP contribution is 2.28. The maximum Gasteiger partial charge on any atom is 0.195 e. The van der Waals surface area contributed by atoms with Crippen LogP contribution in [-0.2, 0) is 0 Å². The fourth-order valence-corrected chi connectivity index (χ4v) is 2.62. The molecule has 1 aromatic heterocycles. The lowest BCUT2D eigenvalue weighted by Gasteiger charge is -2.04. The Labute approximate surface area is 128 Å². The molecule has 0 aliphatic carbocycles. The van der Waals surface area contributed by atoms with Crippen molar-refractivity contribution in [1.82, 2.24) is 4.98 Å². The zero-order valence-corrected chi connectivity index (χ0v) is 12.8. The molecule has 1 heterocycles. The third-order valence-corrected chi connectivity index (χ3v) is 3.77. The highest BCUT2D eigenvalue weighted by molar-refractivity contribution is 6.17. The van der Waals surface area contributed by atoms with Crippen LogP contribution < -0.4 is 9.47 Å². The predicted octanol–water partition coefficient (Wildman–Crippen LogP) is 3.72. The third kappa shape index (κ3) is 2.33. The number of hydrogen-bond donors (Lipinski definition) is 1. The Morgan fingerprint density at radius 1 is 0.955 bits per heavy atom. The molecule has 112 valence electrons. The molecule has 0 aliphatic rings. The van der Waals surface area contributed by atoms with E-state index in [2.05, 4.69) is 4.98 Å². The van der Waals surface area contributed by atoms with E-state index in [4.69, 9.17) is 9.47 Å². The Morgan fingerprint density at radius 3 is 2.23 bits per heavy atom. The summed E-state index contributed by atoms with van der Waals surface area (Å²) < 4.78 is 10.4. The molecule has 0 bridgehead atoms. The van der Waals surface area contributed by atoms with Gasteiger partial charge in [0.25, 0.3) is 0 Å². The summed E-state index contributed by atoms with van der Waals surface area (Å²) in [4.78, 5) is 16.1. The number of fused-ring (bicyclic) bond motifs is 1. The van der Waals surface area contributed by atoms with Crippen molar-refractivity contribution in [3.63, 3.8) is 0 Å². The molecule has 0 saturated carbocycles. The summed E-state index contributed by atoms with van der Waals surface area (Å²) in [7, 11) is 3.23. The van der Waals surface area contributed by atoms with Gasteiger partial charge in [-0.2, -0.15) is 0 Å². The van der Waals surface area contributed by atoms with E-state index in [1.807, 2.05) is 25.1 Å². The molecule has 0 unspecified atom stereocenters.